The number of carbonyl (C=O) groups is 1. The molecule has 0 aliphatic carbocycles. The van der Waals surface area contributed by atoms with Gasteiger partial charge in [-0.2, -0.15) is 10.1 Å². The van der Waals surface area contributed by atoms with E-state index in [-0.39, 0.29) is 18.6 Å². The highest BCUT2D eigenvalue weighted by molar-refractivity contribution is 7.22. The quantitative estimate of drug-likeness (QED) is 0.639. The summed E-state index contributed by atoms with van der Waals surface area (Å²) in [4.78, 5) is 18.9. The maximum Gasteiger partial charge on any atom is 0.239 e. The molecule has 1 unspecified atom stereocenters. The summed E-state index contributed by atoms with van der Waals surface area (Å²) < 4.78 is 13.6. The van der Waals surface area contributed by atoms with Crippen LogP contribution in [-0.2, 0) is 9.53 Å². The predicted octanol–water partition coefficient (Wildman–Crippen LogP) is 2.53. The van der Waals surface area contributed by atoms with E-state index in [0.717, 1.165) is 52.1 Å². The summed E-state index contributed by atoms with van der Waals surface area (Å²) in [5.41, 5.74) is 2.62. The monoisotopic (exact) mass is 415 g/mol. The van der Waals surface area contributed by atoms with Crippen molar-refractivity contribution in [2.45, 2.75) is 25.9 Å². The summed E-state index contributed by atoms with van der Waals surface area (Å²) in [6.07, 6.45) is 2.22. The van der Waals surface area contributed by atoms with Crippen LogP contribution in [0, 0.1) is 6.92 Å². The van der Waals surface area contributed by atoms with Crippen molar-refractivity contribution in [3.8, 4) is 11.4 Å². The fourth-order valence-corrected chi connectivity index (χ4v) is 4.31. The van der Waals surface area contributed by atoms with Crippen molar-refractivity contribution in [3.05, 3.63) is 30.0 Å². The Hall–Kier alpha value is -2.65. The molecule has 8 nitrogen and oxygen atoms in total. The Morgan fingerprint density at radius 3 is 2.90 bits per heavy atom. The van der Waals surface area contributed by atoms with Crippen molar-refractivity contribution in [1.29, 1.82) is 0 Å². The highest BCUT2D eigenvalue weighted by Gasteiger charge is 2.20. The van der Waals surface area contributed by atoms with Crippen LogP contribution in [0.4, 0.5) is 5.13 Å². The Balaban J connectivity index is 1.48. The lowest BCUT2D eigenvalue weighted by Gasteiger charge is -2.16. The lowest BCUT2D eigenvalue weighted by atomic mass is 10.2. The van der Waals surface area contributed by atoms with E-state index in [2.05, 4.69) is 10.4 Å². The smallest absolute Gasteiger partial charge is 0.239 e. The maximum absolute atomic E-state index is 12.3. The number of benzene rings is 1. The Kier molecular flexibility index (Phi) is 5.68. The number of nitrogens with one attached hydrogen (secondary N) is 1. The van der Waals surface area contributed by atoms with Gasteiger partial charge in [0.15, 0.2) is 10.8 Å². The van der Waals surface area contributed by atoms with E-state index in [4.69, 9.17) is 14.5 Å². The van der Waals surface area contributed by atoms with E-state index < -0.39 is 0 Å². The Labute approximate surface area is 173 Å². The van der Waals surface area contributed by atoms with Gasteiger partial charge in [0.05, 0.1) is 35.8 Å². The number of anilines is 1. The molecule has 4 rings (SSSR count). The van der Waals surface area contributed by atoms with E-state index in [1.165, 1.54) is 0 Å². The van der Waals surface area contributed by atoms with Gasteiger partial charge in [0.25, 0.3) is 0 Å². The highest BCUT2D eigenvalue weighted by Crippen LogP contribution is 2.32. The number of thiazole rings is 1. The highest BCUT2D eigenvalue weighted by atomic mass is 32.1. The zero-order valence-corrected chi connectivity index (χ0v) is 17.7. The summed E-state index contributed by atoms with van der Waals surface area (Å²) in [6, 6.07) is 7.70. The van der Waals surface area contributed by atoms with Crippen LogP contribution < -0.4 is 15.0 Å². The van der Waals surface area contributed by atoms with Gasteiger partial charge in [-0.05, 0) is 44.0 Å². The van der Waals surface area contributed by atoms with Gasteiger partial charge >= 0.3 is 0 Å². The largest absolute Gasteiger partial charge is 0.497 e. The molecule has 3 heterocycles. The molecule has 154 valence electrons. The molecule has 1 N–H and O–H groups in total. The second kappa shape index (κ2) is 8.38. The number of carbonyl (C=O) groups excluding carboxylic acids is 1. The molecular weight excluding hydrogens is 390 g/mol. The fourth-order valence-electron chi connectivity index (χ4n) is 3.36. The van der Waals surface area contributed by atoms with Gasteiger partial charge in [-0.1, -0.05) is 11.3 Å². The molecule has 3 aromatic rings. The number of aryl methyl sites for hydroxylation is 1. The van der Waals surface area contributed by atoms with E-state index in [9.17, 15) is 4.79 Å². The van der Waals surface area contributed by atoms with Crippen LogP contribution in [0.2, 0.25) is 0 Å². The molecule has 1 aliphatic rings. The van der Waals surface area contributed by atoms with Gasteiger partial charge in [-0.15, -0.1) is 0 Å². The minimum absolute atomic E-state index is 0.0317. The molecule has 9 heteroatoms. The number of fused-ring (bicyclic) bond motifs is 1. The Morgan fingerprint density at radius 1 is 1.41 bits per heavy atom. The first-order valence-electron chi connectivity index (χ1n) is 9.65. The number of hydrogen-bond donors (Lipinski definition) is 1. The standard InChI is InChI=1S/C20H25N5O3S/c1-13-18-19(25(23-13)14-6-8-15(27-3)9-7-14)22-20(29-18)24(2)12-17(26)21-11-16-5-4-10-28-16/h6-9,16H,4-5,10-12H2,1-3H3,(H,21,26). The molecule has 1 aromatic carbocycles. The van der Waals surface area contributed by atoms with Crippen LogP contribution >= 0.6 is 11.3 Å². The van der Waals surface area contributed by atoms with Crippen molar-refractivity contribution in [2.75, 3.05) is 38.8 Å². The van der Waals surface area contributed by atoms with E-state index in [1.54, 1.807) is 18.4 Å². The molecule has 29 heavy (non-hydrogen) atoms. The van der Waals surface area contributed by atoms with Gasteiger partial charge in [0, 0.05) is 20.2 Å². The van der Waals surface area contributed by atoms with Crippen LogP contribution in [0.15, 0.2) is 24.3 Å². The maximum atomic E-state index is 12.3. The van der Waals surface area contributed by atoms with Crippen molar-refractivity contribution >= 4 is 32.7 Å². The van der Waals surface area contributed by atoms with E-state index >= 15 is 0 Å². The van der Waals surface area contributed by atoms with Gasteiger partial charge in [-0.3, -0.25) is 4.79 Å². The summed E-state index contributed by atoms with van der Waals surface area (Å²) >= 11 is 1.54. The van der Waals surface area contributed by atoms with Gasteiger partial charge in [-0.25, -0.2) is 4.68 Å². The molecule has 0 radical (unpaired) electrons. The molecule has 1 aliphatic heterocycles. The number of nitrogens with zero attached hydrogens (tertiary/aromatic N) is 4. The first-order chi connectivity index (χ1) is 14.0. The van der Waals surface area contributed by atoms with Crippen LogP contribution in [0.1, 0.15) is 18.5 Å². The average Bonchev–Trinajstić information content (AvgIpc) is 3.45. The molecule has 0 bridgehead atoms. The summed E-state index contributed by atoms with van der Waals surface area (Å²) in [5, 5.41) is 8.36. The molecule has 1 fully saturated rings. The van der Waals surface area contributed by atoms with Crippen LogP contribution in [0.5, 0.6) is 5.75 Å². The number of hydrogen-bond acceptors (Lipinski definition) is 7. The van der Waals surface area contributed by atoms with Crippen LogP contribution in [0.25, 0.3) is 16.0 Å². The summed E-state index contributed by atoms with van der Waals surface area (Å²) in [6.45, 7) is 3.57. The molecule has 1 saturated heterocycles. The molecular formula is C20H25N5O3S. The lowest BCUT2D eigenvalue weighted by molar-refractivity contribution is -0.120. The van der Waals surface area contributed by atoms with Gasteiger partial charge in [0.2, 0.25) is 5.91 Å². The summed E-state index contributed by atoms with van der Waals surface area (Å²) in [5.74, 6) is 0.761. The summed E-state index contributed by atoms with van der Waals surface area (Å²) in [7, 11) is 3.52. The van der Waals surface area contributed by atoms with E-state index in [1.807, 2.05) is 47.8 Å². The Bertz CT molecular complexity index is 992. The topological polar surface area (TPSA) is 81.5 Å². The van der Waals surface area contributed by atoms with Crippen molar-refractivity contribution in [3.63, 3.8) is 0 Å². The normalized spacial score (nSPS) is 16.3. The second-order valence-corrected chi connectivity index (χ2v) is 8.12. The van der Waals surface area contributed by atoms with Crippen LogP contribution in [-0.4, -0.2) is 60.6 Å². The van der Waals surface area contributed by atoms with Crippen molar-refractivity contribution in [2.24, 2.45) is 0 Å². The van der Waals surface area contributed by atoms with E-state index in [0.29, 0.717) is 6.54 Å². The third-order valence-corrected chi connectivity index (χ3v) is 6.22. The first-order valence-corrected chi connectivity index (χ1v) is 10.5. The van der Waals surface area contributed by atoms with Gasteiger partial charge in [0.1, 0.15) is 5.75 Å². The minimum Gasteiger partial charge on any atom is -0.497 e. The molecule has 0 saturated carbocycles. The Morgan fingerprint density at radius 2 is 2.21 bits per heavy atom. The number of methoxy groups -OCH3 is 1. The third kappa shape index (κ3) is 4.20. The van der Waals surface area contributed by atoms with Crippen molar-refractivity contribution < 1.29 is 14.3 Å². The number of aromatic nitrogens is 3. The number of likely N-dealkylation sites (N-methyl/N-ethyl adjacent to an activating group) is 1. The van der Waals surface area contributed by atoms with Crippen LogP contribution in [0.3, 0.4) is 0 Å². The molecule has 2 aromatic heterocycles. The fraction of sp³-hybridized carbons (Fsp3) is 0.450. The SMILES string of the molecule is COc1ccc(-n2nc(C)c3sc(N(C)CC(=O)NCC4CCCO4)nc32)cc1. The third-order valence-electron chi connectivity index (χ3n) is 4.95. The lowest BCUT2D eigenvalue weighted by Crippen LogP contribution is -2.38. The molecule has 0 spiro atoms. The second-order valence-electron chi connectivity index (χ2n) is 7.14. The minimum atomic E-state index is -0.0317. The van der Waals surface area contributed by atoms with Gasteiger partial charge < -0.3 is 19.7 Å². The number of rotatable bonds is 7. The molecule has 1 atom stereocenters. The zero-order valence-electron chi connectivity index (χ0n) is 16.8. The molecule has 1 amide bonds. The zero-order chi connectivity index (χ0) is 20.4. The van der Waals surface area contributed by atoms with Crippen molar-refractivity contribution in [1.82, 2.24) is 20.1 Å². The average molecular weight is 416 g/mol. The number of ether oxygens (including phenoxy) is 2. The predicted molar refractivity (Wildman–Crippen MR) is 113 cm³/mol. The number of amides is 1. The first kappa shape index (κ1) is 19.7.